The van der Waals surface area contributed by atoms with Crippen LogP contribution in [0, 0.1) is 15.9 Å². The number of nitrogens with zero attached hydrogens (tertiary/aromatic N) is 1. The third-order valence-electron chi connectivity index (χ3n) is 4.71. The first-order valence-electron chi connectivity index (χ1n) is 9.57. The molecule has 9 nitrogen and oxygen atoms in total. The third-order valence-corrected chi connectivity index (χ3v) is 6.94. The van der Waals surface area contributed by atoms with Gasteiger partial charge in [0.2, 0.25) is 0 Å². The molecular weight excluding hydrogens is 535 g/mol. The Balaban J connectivity index is 1.51. The van der Waals surface area contributed by atoms with Gasteiger partial charge in [0.1, 0.15) is 22.0 Å². The van der Waals surface area contributed by atoms with Crippen LogP contribution in [0.5, 0.6) is 5.75 Å². The number of nitrogens with one attached hydrogen (secondary N) is 1. The van der Waals surface area contributed by atoms with E-state index in [0.717, 1.165) is 18.2 Å². The van der Waals surface area contributed by atoms with Gasteiger partial charge in [-0.3, -0.25) is 10.1 Å². The van der Waals surface area contributed by atoms with E-state index in [0.29, 0.717) is 16.6 Å². The van der Waals surface area contributed by atoms with Crippen LogP contribution in [0.3, 0.4) is 0 Å². The molecule has 0 amide bonds. The zero-order valence-electron chi connectivity index (χ0n) is 17.0. The summed E-state index contributed by atoms with van der Waals surface area (Å²) in [5, 5.41) is 14.5. The number of fused-ring (bicyclic) bond motifs is 1. The van der Waals surface area contributed by atoms with Crippen LogP contribution in [0.1, 0.15) is 5.56 Å². The quantitative estimate of drug-likeness (QED) is 0.148. The fourth-order valence-electron chi connectivity index (χ4n) is 3.12. The van der Waals surface area contributed by atoms with Gasteiger partial charge in [0.25, 0.3) is 5.69 Å². The lowest BCUT2D eigenvalue weighted by Crippen LogP contribution is -2.10. The standard InChI is InChI=1S/C22H14BrFN2O7S/c23-18-9-14(24)3-8-21(18)34(30,31)33-16-5-1-13(2-6-16)12-25-19-11-22(27)32-20-7-4-15(26(28)29)10-17(19)20/h1-11,25H,12H2. The molecule has 3 aromatic carbocycles. The van der Waals surface area contributed by atoms with Crippen LogP contribution >= 0.6 is 15.9 Å². The molecule has 0 atom stereocenters. The van der Waals surface area contributed by atoms with Crippen molar-refractivity contribution in [2.24, 2.45) is 0 Å². The molecule has 174 valence electrons. The molecule has 0 unspecified atom stereocenters. The Hall–Kier alpha value is -3.77. The van der Waals surface area contributed by atoms with Crippen molar-refractivity contribution >= 4 is 48.4 Å². The summed E-state index contributed by atoms with van der Waals surface area (Å²) in [6.07, 6.45) is 0. The Morgan fingerprint density at radius 3 is 2.47 bits per heavy atom. The molecule has 0 radical (unpaired) electrons. The summed E-state index contributed by atoms with van der Waals surface area (Å²) >= 11 is 3.01. The molecule has 0 aliphatic carbocycles. The summed E-state index contributed by atoms with van der Waals surface area (Å²) < 4.78 is 48.5. The average Bonchev–Trinajstić information content (AvgIpc) is 2.77. The van der Waals surface area contributed by atoms with Crippen LogP contribution in [-0.2, 0) is 16.7 Å². The van der Waals surface area contributed by atoms with Gasteiger partial charge in [0.05, 0.1) is 10.6 Å². The van der Waals surface area contributed by atoms with Gasteiger partial charge in [-0.2, -0.15) is 8.42 Å². The molecule has 4 rings (SSSR count). The summed E-state index contributed by atoms with van der Waals surface area (Å²) in [5.74, 6) is -0.553. The number of nitro benzene ring substituents is 1. The minimum atomic E-state index is -4.20. The van der Waals surface area contributed by atoms with Crippen LogP contribution in [0.25, 0.3) is 11.0 Å². The first-order valence-corrected chi connectivity index (χ1v) is 11.8. The van der Waals surface area contributed by atoms with E-state index in [1.807, 2.05) is 0 Å². The van der Waals surface area contributed by atoms with E-state index in [2.05, 4.69) is 21.2 Å². The minimum absolute atomic E-state index is 0.0353. The van der Waals surface area contributed by atoms with E-state index in [4.69, 9.17) is 8.60 Å². The summed E-state index contributed by atoms with van der Waals surface area (Å²) in [6.45, 7) is 0.220. The highest BCUT2D eigenvalue weighted by molar-refractivity contribution is 9.10. The molecule has 0 aliphatic rings. The normalized spacial score (nSPS) is 11.4. The summed E-state index contributed by atoms with van der Waals surface area (Å²) in [6, 6.07) is 14.3. The van der Waals surface area contributed by atoms with Gasteiger partial charge in [-0.15, -0.1) is 0 Å². The highest BCUT2D eigenvalue weighted by Gasteiger charge is 2.20. The van der Waals surface area contributed by atoms with Crippen molar-refractivity contribution in [3.05, 3.63) is 103 Å². The fourth-order valence-corrected chi connectivity index (χ4v) is 5.05. The number of nitro groups is 1. The first-order chi connectivity index (χ1) is 16.1. The van der Waals surface area contributed by atoms with E-state index in [9.17, 15) is 27.7 Å². The molecule has 1 N–H and O–H groups in total. The van der Waals surface area contributed by atoms with Gasteiger partial charge >= 0.3 is 15.7 Å². The van der Waals surface area contributed by atoms with Gasteiger partial charge in [0.15, 0.2) is 0 Å². The summed E-state index contributed by atoms with van der Waals surface area (Å²) in [5.41, 5.74) is 0.477. The Morgan fingerprint density at radius 2 is 1.79 bits per heavy atom. The van der Waals surface area contributed by atoms with Crippen molar-refractivity contribution in [2.45, 2.75) is 11.4 Å². The van der Waals surface area contributed by atoms with Crippen molar-refractivity contribution < 1.29 is 26.3 Å². The predicted molar refractivity (Wildman–Crippen MR) is 125 cm³/mol. The number of hydrogen-bond acceptors (Lipinski definition) is 8. The first kappa shape index (κ1) is 23.4. The zero-order valence-corrected chi connectivity index (χ0v) is 19.4. The Kier molecular flexibility index (Phi) is 6.35. The number of non-ortho nitro benzene ring substituents is 1. The maximum atomic E-state index is 13.2. The number of halogens is 2. The molecule has 1 aromatic heterocycles. The lowest BCUT2D eigenvalue weighted by Gasteiger charge is -2.11. The van der Waals surface area contributed by atoms with Gasteiger partial charge in [-0.05, 0) is 57.9 Å². The maximum absolute atomic E-state index is 13.2. The summed E-state index contributed by atoms with van der Waals surface area (Å²) in [4.78, 5) is 22.1. The molecule has 12 heteroatoms. The number of benzene rings is 3. The monoisotopic (exact) mass is 548 g/mol. The van der Waals surface area contributed by atoms with Crippen molar-refractivity contribution in [3.63, 3.8) is 0 Å². The third kappa shape index (κ3) is 5.07. The van der Waals surface area contributed by atoms with Gasteiger partial charge in [-0.25, -0.2) is 9.18 Å². The van der Waals surface area contributed by atoms with Crippen LogP contribution in [0.15, 0.2) is 85.3 Å². The van der Waals surface area contributed by atoms with E-state index in [1.165, 1.54) is 36.4 Å². The predicted octanol–water partition coefficient (Wildman–Crippen LogP) is 4.98. The number of rotatable bonds is 7. The second kappa shape index (κ2) is 9.23. The van der Waals surface area contributed by atoms with E-state index in [-0.39, 0.29) is 32.9 Å². The lowest BCUT2D eigenvalue weighted by atomic mass is 10.1. The van der Waals surface area contributed by atoms with E-state index < -0.39 is 26.5 Å². The fraction of sp³-hybridized carbons (Fsp3) is 0.0455. The van der Waals surface area contributed by atoms with Crippen LogP contribution in [0.4, 0.5) is 15.8 Å². The lowest BCUT2D eigenvalue weighted by molar-refractivity contribution is -0.384. The van der Waals surface area contributed by atoms with Crippen molar-refractivity contribution in [3.8, 4) is 5.75 Å². The zero-order chi connectivity index (χ0) is 24.5. The molecule has 0 aliphatic heterocycles. The molecule has 34 heavy (non-hydrogen) atoms. The highest BCUT2D eigenvalue weighted by atomic mass is 79.9. The largest absolute Gasteiger partial charge is 0.423 e. The summed E-state index contributed by atoms with van der Waals surface area (Å²) in [7, 11) is -4.20. The average molecular weight is 549 g/mol. The maximum Gasteiger partial charge on any atom is 0.340 e. The van der Waals surface area contributed by atoms with Gasteiger partial charge < -0.3 is 13.9 Å². The van der Waals surface area contributed by atoms with E-state index >= 15 is 0 Å². The molecule has 1 heterocycles. The Morgan fingerprint density at radius 1 is 1.06 bits per heavy atom. The SMILES string of the molecule is O=c1cc(NCc2ccc(OS(=O)(=O)c3ccc(F)cc3Br)cc2)c2cc([N+](=O)[O-])ccc2o1. The molecule has 4 aromatic rings. The van der Waals surface area contributed by atoms with Gasteiger partial charge in [-0.1, -0.05) is 12.1 Å². The molecule has 0 fully saturated rings. The smallest absolute Gasteiger partial charge is 0.340 e. The van der Waals surface area contributed by atoms with Crippen molar-refractivity contribution in [1.82, 2.24) is 0 Å². The van der Waals surface area contributed by atoms with Crippen molar-refractivity contribution in [2.75, 3.05) is 5.32 Å². The van der Waals surface area contributed by atoms with E-state index in [1.54, 1.807) is 12.1 Å². The molecule has 0 saturated carbocycles. The topological polar surface area (TPSA) is 129 Å². The second-order valence-electron chi connectivity index (χ2n) is 7.03. The Bertz CT molecular complexity index is 1570. The highest BCUT2D eigenvalue weighted by Crippen LogP contribution is 2.28. The second-order valence-corrected chi connectivity index (χ2v) is 9.40. The van der Waals surface area contributed by atoms with Crippen LogP contribution < -0.4 is 15.1 Å². The minimum Gasteiger partial charge on any atom is -0.423 e. The molecule has 0 bridgehead atoms. The molecular formula is C22H14BrFN2O7S. The van der Waals surface area contributed by atoms with Crippen LogP contribution in [0.2, 0.25) is 0 Å². The number of hydrogen-bond donors (Lipinski definition) is 1. The molecule has 0 saturated heterocycles. The van der Waals surface area contributed by atoms with Gasteiger partial charge in [0, 0.05) is 34.6 Å². The van der Waals surface area contributed by atoms with Crippen molar-refractivity contribution in [1.29, 1.82) is 0 Å². The molecule has 0 spiro atoms. The van der Waals surface area contributed by atoms with Crippen LogP contribution in [-0.4, -0.2) is 13.3 Å². The number of anilines is 1. The Labute approximate surface area is 200 Å².